The second kappa shape index (κ2) is 5.76. The first-order chi connectivity index (χ1) is 6.33. The molecule has 0 aliphatic carbocycles. The molecule has 0 spiro atoms. The second-order valence-electron chi connectivity index (χ2n) is 2.93. The molecule has 2 heteroatoms. The third-order valence-electron chi connectivity index (χ3n) is 1.75. The van der Waals surface area contributed by atoms with Crippen LogP contribution in [0.1, 0.15) is 26.2 Å². The van der Waals surface area contributed by atoms with E-state index in [1.54, 1.807) is 0 Å². The Kier molecular flexibility index (Phi) is 4.55. The summed E-state index contributed by atoms with van der Waals surface area (Å²) in [7, 11) is 0. The second-order valence-corrected chi connectivity index (χ2v) is 3.37. The Bertz CT molecular complexity index is 264. The summed E-state index contributed by atoms with van der Waals surface area (Å²) in [5, 5.41) is 0.757. The Labute approximate surface area is 84.5 Å². The van der Waals surface area contributed by atoms with Crippen molar-refractivity contribution in [3.05, 3.63) is 29.3 Å². The molecule has 0 heterocycles. The summed E-state index contributed by atoms with van der Waals surface area (Å²) in [6, 6.07) is 7.55. The zero-order valence-corrected chi connectivity index (χ0v) is 8.59. The minimum Gasteiger partial charge on any atom is -0.261 e. The zero-order valence-electron chi connectivity index (χ0n) is 7.83. The molecule has 1 rings (SSSR count). The topological polar surface area (TPSA) is 12.4 Å². The van der Waals surface area contributed by atoms with Gasteiger partial charge in [-0.1, -0.05) is 24.9 Å². The van der Waals surface area contributed by atoms with Crippen molar-refractivity contribution in [1.29, 1.82) is 0 Å². The molecule has 13 heavy (non-hydrogen) atoms. The van der Waals surface area contributed by atoms with Crippen molar-refractivity contribution >= 4 is 23.5 Å². The molecule has 0 unspecified atom stereocenters. The first-order valence-corrected chi connectivity index (χ1v) is 4.99. The zero-order chi connectivity index (χ0) is 9.52. The lowest BCUT2D eigenvalue weighted by atomic mass is 10.3. The molecule has 70 valence electrons. The van der Waals surface area contributed by atoms with Gasteiger partial charge in [0.2, 0.25) is 0 Å². The minimum atomic E-state index is 0.757. The monoisotopic (exact) mass is 195 g/mol. The fourth-order valence-electron chi connectivity index (χ4n) is 0.993. The third-order valence-corrected chi connectivity index (χ3v) is 2.01. The van der Waals surface area contributed by atoms with E-state index in [-0.39, 0.29) is 0 Å². The fourth-order valence-corrected chi connectivity index (χ4v) is 1.12. The number of hydrogen-bond acceptors (Lipinski definition) is 1. The largest absolute Gasteiger partial charge is 0.261 e. The van der Waals surface area contributed by atoms with Crippen molar-refractivity contribution < 1.29 is 0 Å². The Morgan fingerprint density at radius 3 is 2.62 bits per heavy atom. The standard InChI is InChI=1S/C11H14ClN/c1-2-3-4-9-13-11-7-5-10(12)6-8-11/h5-9H,2-4H2,1H3. The van der Waals surface area contributed by atoms with Gasteiger partial charge in [-0.25, -0.2) is 0 Å². The fraction of sp³-hybridized carbons (Fsp3) is 0.364. The molecule has 0 saturated carbocycles. The molecule has 0 aromatic heterocycles. The van der Waals surface area contributed by atoms with E-state index in [0.29, 0.717) is 0 Å². The predicted molar refractivity (Wildman–Crippen MR) is 59.1 cm³/mol. The number of rotatable bonds is 4. The number of halogens is 1. The van der Waals surface area contributed by atoms with Gasteiger partial charge in [-0.15, -0.1) is 0 Å². The van der Waals surface area contributed by atoms with Gasteiger partial charge in [-0.2, -0.15) is 0 Å². The van der Waals surface area contributed by atoms with Crippen LogP contribution in [0.15, 0.2) is 29.3 Å². The van der Waals surface area contributed by atoms with E-state index < -0.39 is 0 Å². The van der Waals surface area contributed by atoms with Crippen LogP contribution >= 0.6 is 11.6 Å². The maximum absolute atomic E-state index is 5.74. The molecular formula is C11H14ClN. The number of benzene rings is 1. The summed E-state index contributed by atoms with van der Waals surface area (Å²) in [4.78, 5) is 4.30. The maximum Gasteiger partial charge on any atom is 0.0626 e. The molecule has 0 bridgehead atoms. The third kappa shape index (κ3) is 4.09. The van der Waals surface area contributed by atoms with Crippen LogP contribution < -0.4 is 0 Å². The van der Waals surface area contributed by atoms with Crippen LogP contribution in [-0.4, -0.2) is 6.21 Å². The van der Waals surface area contributed by atoms with Crippen LogP contribution in [0.2, 0.25) is 5.02 Å². The normalized spacial score (nSPS) is 10.9. The minimum absolute atomic E-state index is 0.757. The molecule has 1 aromatic carbocycles. The van der Waals surface area contributed by atoms with Crippen LogP contribution in [-0.2, 0) is 0 Å². The Balaban J connectivity index is 2.44. The van der Waals surface area contributed by atoms with Crippen molar-refractivity contribution in [3.8, 4) is 0 Å². The van der Waals surface area contributed by atoms with E-state index in [1.165, 1.54) is 12.8 Å². The lowest BCUT2D eigenvalue weighted by molar-refractivity contribution is 0.843. The van der Waals surface area contributed by atoms with E-state index in [9.17, 15) is 0 Å². The van der Waals surface area contributed by atoms with Crippen molar-refractivity contribution in [2.75, 3.05) is 0 Å². The smallest absolute Gasteiger partial charge is 0.0626 e. The van der Waals surface area contributed by atoms with E-state index in [1.807, 2.05) is 30.5 Å². The van der Waals surface area contributed by atoms with Gasteiger partial charge in [0, 0.05) is 11.2 Å². The molecule has 0 amide bonds. The molecule has 0 saturated heterocycles. The molecule has 1 aromatic rings. The van der Waals surface area contributed by atoms with Crippen LogP contribution in [0.3, 0.4) is 0 Å². The molecule has 0 N–H and O–H groups in total. The van der Waals surface area contributed by atoms with Gasteiger partial charge in [0.1, 0.15) is 0 Å². The summed E-state index contributed by atoms with van der Waals surface area (Å²) in [5.41, 5.74) is 0.973. The highest BCUT2D eigenvalue weighted by molar-refractivity contribution is 6.30. The van der Waals surface area contributed by atoms with Gasteiger partial charge in [0.05, 0.1) is 5.69 Å². The summed E-state index contributed by atoms with van der Waals surface area (Å²) in [6.45, 7) is 2.18. The first-order valence-electron chi connectivity index (χ1n) is 4.61. The molecule has 0 aliphatic heterocycles. The Morgan fingerprint density at radius 2 is 2.00 bits per heavy atom. The molecule has 0 fully saturated rings. The number of hydrogen-bond donors (Lipinski definition) is 0. The molecule has 0 aliphatic rings. The van der Waals surface area contributed by atoms with Crippen molar-refractivity contribution in [3.63, 3.8) is 0 Å². The van der Waals surface area contributed by atoms with Crippen molar-refractivity contribution in [2.24, 2.45) is 4.99 Å². The summed E-state index contributed by atoms with van der Waals surface area (Å²) in [6.07, 6.45) is 5.44. The molecular weight excluding hydrogens is 182 g/mol. The number of aliphatic imine (C=N–C) groups is 1. The van der Waals surface area contributed by atoms with E-state index in [0.717, 1.165) is 17.1 Å². The van der Waals surface area contributed by atoms with Gasteiger partial charge >= 0.3 is 0 Å². The van der Waals surface area contributed by atoms with Crippen LogP contribution in [0.5, 0.6) is 0 Å². The Hall–Kier alpha value is -0.820. The molecule has 0 atom stereocenters. The highest BCUT2D eigenvalue weighted by atomic mass is 35.5. The van der Waals surface area contributed by atoms with Crippen LogP contribution in [0, 0.1) is 0 Å². The highest BCUT2D eigenvalue weighted by Gasteiger charge is 1.87. The number of nitrogens with zero attached hydrogens (tertiary/aromatic N) is 1. The van der Waals surface area contributed by atoms with E-state index >= 15 is 0 Å². The van der Waals surface area contributed by atoms with Gasteiger partial charge in [0.15, 0.2) is 0 Å². The lowest BCUT2D eigenvalue weighted by Crippen LogP contribution is -1.74. The van der Waals surface area contributed by atoms with Crippen molar-refractivity contribution in [2.45, 2.75) is 26.2 Å². The summed E-state index contributed by atoms with van der Waals surface area (Å²) in [5.74, 6) is 0. The van der Waals surface area contributed by atoms with Crippen LogP contribution in [0.4, 0.5) is 5.69 Å². The van der Waals surface area contributed by atoms with Gasteiger partial charge in [-0.3, -0.25) is 4.99 Å². The SMILES string of the molecule is CCCCC=Nc1ccc(Cl)cc1. The summed E-state index contributed by atoms with van der Waals surface area (Å²) >= 11 is 5.74. The summed E-state index contributed by atoms with van der Waals surface area (Å²) < 4.78 is 0. The van der Waals surface area contributed by atoms with E-state index in [4.69, 9.17) is 11.6 Å². The molecule has 1 nitrogen and oxygen atoms in total. The first kappa shape index (κ1) is 10.3. The average Bonchev–Trinajstić information content (AvgIpc) is 2.15. The highest BCUT2D eigenvalue weighted by Crippen LogP contribution is 2.15. The van der Waals surface area contributed by atoms with E-state index in [2.05, 4.69) is 11.9 Å². The van der Waals surface area contributed by atoms with Gasteiger partial charge in [0.25, 0.3) is 0 Å². The van der Waals surface area contributed by atoms with Crippen molar-refractivity contribution in [1.82, 2.24) is 0 Å². The number of unbranched alkanes of at least 4 members (excludes halogenated alkanes) is 2. The predicted octanol–water partition coefficient (Wildman–Crippen LogP) is 4.23. The van der Waals surface area contributed by atoms with Gasteiger partial charge in [-0.05, 0) is 37.1 Å². The molecule has 0 radical (unpaired) electrons. The average molecular weight is 196 g/mol. The Morgan fingerprint density at radius 1 is 1.31 bits per heavy atom. The van der Waals surface area contributed by atoms with Crippen LogP contribution in [0.25, 0.3) is 0 Å². The van der Waals surface area contributed by atoms with Gasteiger partial charge < -0.3 is 0 Å². The maximum atomic E-state index is 5.74. The quantitative estimate of drug-likeness (QED) is 0.504. The lowest BCUT2D eigenvalue weighted by Gasteiger charge is -1.93.